The van der Waals surface area contributed by atoms with Crippen molar-refractivity contribution >= 4 is 17.5 Å². The van der Waals surface area contributed by atoms with Gasteiger partial charge < -0.3 is 5.32 Å². The highest BCUT2D eigenvalue weighted by molar-refractivity contribution is 6.32. The van der Waals surface area contributed by atoms with Crippen molar-refractivity contribution in [3.8, 4) is 11.4 Å². The monoisotopic (exact) mass is 317 g/mol. The molecule has 0 aliphatic heterocycles. The zero-order chi connectivity index (χ0) is 14.9. The summed E-state index contributed by atoms with van der Waals surface area (Å²) in [7, 11) is 0. The molecule has 6 heteroatoms. The standard InChI is InChI=1S/C16H20ClN5/c17-12-9-18-16(19-11-4-2-1-3-5-11)20-15(12)14-8-13(21-22-14)10-6-7-10/h8-11H,1-7H2,(H,21,22)(H,18,19,20). The molecule has 2 fully saturated rings. The predicted molar refractivity (Wildman–Crippen MR) is 87.1 cm³/mol. The molecule has 116 valence electrons. The summed E-state index contributed by atoms with van der Waals surface area (Å²) in [5, 5.41) is 11.5. The Morgan fingerprint density at radius 2 is 1.95 bits per heavy atom. The Balaban J connectivity index is 1.56. The predicted octanol–water partition coefficient (Wildman–Crippen LogP) is 4.14. The van der Waals surface area contributed by atoms with Gasteiger partial charge in [-0.2, -0.15) is 5.10 Å². The Labute approximate surface area is 134 Å². The van der Waals surface area contributed by atoms with Gasteiger partial charge in [-0.25, -0.2) is 9.97 Å². The second-order valence-corrected chi connectivity index (χ2v) is 6.76. The number of anilines is 1. The number of aromatic amines is 1. The van der Waals surface area contributed by atoms with Crippen molar-refractivity contribution in [2.75, 3.05) is 5.32 Å². The third-order valence-electron chi connectivity index (χ3n) is 4.54. The number of aromatic nitrogens is 4. The molecule has 0 amide bonds. The van der Waals surface area contributed by atoms with Gasteiger partial charge in [0.05, 0.1) is 11.2 Å². The van der Waals surface area contributed by atoms with Gasteiger partial charge in [-0.3, -0.25) is 5.10 Å². The highest BCUT2D eigenvalue weighted by Gasteiger charge is 2.26. The van der Waals surface area contributed by atoms with E-state index in [1.165, 1.54) is 50.6 Å². The molecule has 2 saturated carbocycles. The average Bonchev–Trinajstić information content (AvgIpc) is 3.28. The van der Waals surface area contributed by atoms with Gasteiger partial charge in [0.25, 0.3) is 0 Å². The molecule has 0 atom stereocenters. The van der Waals surface area contributed by atoms with Gasteiger partial charge in [-0.15, -0.1) is 0 Å². The molecule has 0 bridgehead atoms. The number of rotatable bonds is 4. The number of nitrogens with zero attached hydrogens (tertiary/aromatic N) is 3. The molecule has 2 aliphatic carbocycles. The van der Waals surface area contributed by atoms with E-state index in [2.05, 4.69) is 31.5 Å². The Kier molecular flexibility index (Phi) is 3.74. The fraction of sp³-hybridized carbons (Fsp3) is 0.562. The number of nitrogens with one attached hydrogen (secondary N) is 2. The van der Waals surface area contributed by atoms with Crippen LogP contribution in [0.25, 0.3) is 11.4 Å². The molecule has 0 radical (unpaired) electrons. The lowest BCUT2D eigenvalue weighted by atomic mass is 9.96. The van der Waals surface area contributed by atoms with Gasteiger partial charge in [0.15, 0.2) is 0 Å². The zero-order valence-corrected chi connectivity index (χ0v) is 13.2. The Morgan fingerprint density at radius 1 is 1.14 bits per heavy atom. The minimum absolute atomic E-state index is 0.476. The second kappa shape index (κ2) is 5.88. The normalized spacial score (nSPS) is 19.3. The van der Waals surface area contributed by atoms with Crippen molar-refractivity contribution in [1.29, 1.82) is 0 Å². The SMILES string of the molecule is Clc1cnc(NC2CCCCC2)nc1-c1cc(C2CC2)[nH]n1. The summed E-state index contributed by atoms with van der Waals surface area (Å²) in [4.78, 5) is 8.91. The van der Waals surface area contributed by atoms with Crippen LogP contribution in [0.1, 0.15) is 56.6 Å². The van der Waals surface area contributed by atoms with Gasteiger partial charge in [-0.1, -0.05) is 30.9 Å². The van der Waals surface area contributed by atoms with Gasteiger partial charge in [0, 0.05) is 17.7 Å². The van der Waals surface area contributed by atoms with Gasteiger partial charge in [-0.05, 0) is 31.7 Å². The minimum Gasteiger partial charge on any atom is -0.351 e. The summed E-state index contributed by atoms with van der Waals surface area (Å²) in [6.07, 6.45) is 10.4. The fourth-order valence-electron chi connectivity index (χ4n) is 3.11. The van der Waals surface area contributed by atoms with Crippen LogP contribution >= 0.6 is 11.6 Å². The van der Waals surface area contributed by atoms with E-state index in [1.54, 1.807) is 6.20 Å². The second-order valence-electron chi connectivity index (χ2n) is 6.35. The highest BCUT2D eigenvalue weighted by Crippen LogP contribution is 2.40. The first-order chi connectivity index (χ1) is 10.8. The molecule has 4 rings (SSSR count). The van der Waals surface area contributed by atoms with E-state index in [9.17, 15) is 0 Å². The van der Waals surface area contributed by atoms with E-state index in [-0.39, 0.29) is 0 Å². The maximum absolute atomic E-state index is 6.27. The van der Waals surface area contributed by atoms with Crippen LogP contribution < -0.4 is 5.32 Å². The zero-order valence-electron chi connectivity index (χ0n) is 12.5. The molecule has 22 heavy (non-hydrogen) atoms. The summed E-state index contributed by atoms with van der Waals surface area (Å²) in [6, 6.07) is 2.54. The number of hydrogen-bond acceptors (Lipinski definition) is 4. The fourth-order valence-corrected chi connectivity index (χ4v) is 3.30. The molecule has 2 aromatic heterocycles. The maximum Gasteiger partial charge on any atom is 0.223 e. The van der Waals surface area contributed by atoms with E-state index in [1.807, 2.05) is 0 Å². The molecule has 2 N–H and O–H groups in total. The first kappa shape index (κ1) is 14.0. The molecule has 0 aromatic carbocycles. The van der Waals surface area contributed by atoms with E-state index in [0.717, 1.165) is 5.69 Å². The summed E-state index contributed by atoms with van der Waals surface area (Å²) in [5.74, 6) is 1.30. The number of H-pyrrole nitrogens is 1. The molecule has 2 heterocycles. The third kappa shape index (κ3) is 2.95. The van der Waals surface area contributed by atoms with E-state index in [4.69, 9.17) is 11.6 Å². The molecular formula is C16H20ClN5. The molecular weight excluding hydrogens is 298 g/mol. The van der Waals surface area contributed by atoms with Crippen molar-refractivity contribution < 1.29 is 0 Å². The van der Waals surface area contributed by atoms with Crippen LogP contribution in [-0.2, 0) is 0 Å². The molecule has 0 unspecified atom stereocenters. The van der Waals surface area contributed by atoms with Crippen LogP contribution in [0, 0.1) is 0 Å². The topological polar surface area (TPSA) is 66.5 Å². The summed E-state index contributed by atoms with van der Waals surface area (Å²) < 4.78 is 0. The first-order valence-electron chi connectivity index (χ1n) is 8.14. The third-order valence-corrected chi connectivity index (χ3v) is 4.82. The van der Waals surface area contributed by atoms with E-state index >= 15 is 0 Å². The van der Waals surface area contributed by atoms with E-state index < -0.39 is 0 Å². The molecule has 0 spiro atoms. The molecule has 5 nitrogen and oxygen atoms in total. The van der Waals surface area contributed by atoms with Crippen LogP contribution in [0.3, 0.4) is 0 Å². The van der Waals surface area contributed by atoms with Crippen LogP contribution in [-0.4, -0.2) is 26.2 Å². The summed E-state index contributed by atoms with van der Waals surface area (Å²) in [6.45, 7) is 0. The quantitative estimate of drug-likeness (QED) is 0.889. The summed E-state index contributed by atoms with van der Waals surface area (Å²) in [5.41, 5.74) is 2.70. The van der Waals surface area contributed by atoms with Gasteiger partial charge in [0.1, 0.15) is 11.4 Å². The van der Waals surface area contributed by atoms with Crippen molar-refractivity contribution in [2.45, 2.75) is 56.9 Å². The summed E-state index contributed by atoms with van der Waals surface area (Å²) >= 11 is 6.27. The van der Waals surface area contributed by atoms with Crippen LogP contribution in [0.15, 0.2) is 12.3 Å². The van der Waals surface area contributed by atoms with Crippen LogP contribution in [0.5, 0.6) is 0 Å². The average molecular weight is 318 g/mol. The van der Waals surface area contributed by atoms with Crippen LogP contribution in [0.2, 0.25) is 5.02 Å². The number of halogens is 1. The van der Waals surface area contributed by atoms with Crippen molar-refractivity contribution in [3.63, 3.8) is 0 Å². The van der Waals surface area contributed by atoms with Crippen molar-refractivity contribution in [1.82, 2.24) is 20.2 Å². The van der Waals surface area contributed by atoms with E-state index in [0.29, 0.717) is 28.6 Å². The molecule has 2 aliphatic rings. The van der Waals surface area contributed by atoms with Crippen molar-refractivity contribution in [3.05, 3.63) is 23.0 Å². The number of hydrogen-bond donors (Lipinski definition) is 2. The molecule has 2 aromatic rings. The minimum atomic E-state index is 0.476. The van der Waals surface area contributed by atoms with Crippen LogP contribution in [0.4, 0.5) is 5.95 Å². The Morgan fingerprint density at radius 3 is 2.73 bits per heavy atom. The van der Waals surface area contributed by atoms with Gasteiger partial charge >= 0.3 is 0 Å². The van der Waals surface area contributed by atoms with Gasteiger partial charge in [0.2, 0.25) is 5.95 Å². The maximum atomic E-state index is 6.27. The lowest BCUT2D eigenvalue weighted by Gasteiger charge is -2.22. The first-order valence-corrected chi connectivity index (χ1v) is 8.52. The van der Waals surface area contributed by atoms with Crippen molar-refractivity contribution in [2.24, 2.45) is 0 Å². The largest absolute Gasteiger partial charge is 0.351 e. The lowest BCUT2D eigenvalue weighted by molar-refractivity contribution is 0.461. The highest BCUT2D eigenvalue weighted by atomic mass is 35.5. The Bertz CT molecular complexity index is 658. The Hall–Kier alpha value is -1.62. The molecule has 0 saturated heterocycles. The smallest absolute Gasteiger partial charge is 0.223 e. The lowest BCUT2D eigenvalue weighted by Crippen LogP contribution is -2.23.